The van der Waals surface area contributed by atoms with Gasteiger partial charge in [-0.3, -0.25) is 9.59 Å². The Morgan fingerprint density at radius 1 is 1.32 bits per heavy atom. The lowest BCUT2D eigenvalue weighted by molar-refractivity contribution is -0.156. The summed E-state index contributed by atoms with van der Waals surface area (Å²) in [5.41, 5.74) is -0.528. The van der Waals surface area contributed by atoms with E-state index in [1.54, 1.807) is 32.6 Å². The Labute approximate surface area is 115 Å². The lowest BCUT2D eigenvalue weighted by atomic mass is 10.1. The Hall–Kier alpha value is -1.57. The quantitative estimate of drug-likeness (QED) is 0.692. The number of rotatable bonds is 6. The van der Waals surface area contributed by atoms with Crippen LogP contribution in [0.25, 0.3) is 0 Å². The van der Waals surface area contributed by atoms with Crippen LogP contribution in [0.3, 0.4) is 0 Å². The number of nitriles is 1. The first kappa shape index (κ1) is 17.4. The third-order valence-electron chi connectivity index (χ3n) is 2.41. The molecule has 1 atom stereocenters. The first-order chi connectivity index (χ1) is 8.69. The van der Waals surface area contributed by atoms with Crippen molar-refractivity contribution in [2.45, 2.75) is 53.1 Å². The zero-order chi connectivity index (χ0) is 15.1. The zero-order valence-corrected chi connectivity index (χ0v) is 12.5. The van der Waals surface area contributed by atoms with Gasteiger partial charge in [0.2, 0.25) is 5.91 Å². The van der Waals surface area contributed by atoms with Crippen molar-refractivity contribution < 1.29 is 14.3 Å². The minimum Gasteiger partial charge on any atom is -0.460 e. The van der Waals surface area contributed by atoms with Crippen LogP contribution in [-0.2, 0) is 14.3 Å². The summed E-state index contributed by atoms with van der Waals surface area (Å²) >= 11 is 0. The lowest BCUT2D eigenvalue weighted by Gasteiger charge is -2.23. The van der Waals surface area contributed by atoms with E-state index < -0.39 is 5.60 Å². The van der Waals surface area contributed by atoms with Crippen LogP contribution in [0.2, 0.25) is 0 Å². The molecule has 5 nitrogen and oxygen atoms in total. The number of hydrogen-bond donors (Lipinski definition) is 0. The molecule has 5 heteroatoms. The maximum absolute atomic E-state index is 11.9. The van der Waals surface area contributed by atoms with E-state index in [2.05, 4.69) is 6.07 Å². The third kappa shape index (κ3) is 8.20. The number of carbonyl (C=O) groups excluding carboxylic acids is 2. The maximum Gasteiger partial charge on any atom is 0.306 e. The molecule has 19 heavy (non-hydrogen) atoms. The van der Waals surface area contributed by atoms with Gasteiger partial charge in [0.15, 0.2) is 0 Å². The molecular formula is C14H24N2O3. The average molecular weight is 268 g/mol. The molecule has 0 saturated carbocycles. The minimum atomic E-state index is -0.528. The van der Waals surface area contributed by atoms with Crippen LogP contribution in [0.1, 0.15) is 47.5 Å². The van der Waals surface area contributed by atoms with Crippen LogP contribution in [0.5, 0.6) is 0 Å². The van der Waals surface area contributed by atoms with Crippen molar-refractivity contribution in [1.82, 2.24) is 4.90 Å². The summed E-state index contributed by atoms with van der Waals surface area (Å²) < 4.78 is 5.14. The maximum atomic E-state index is 11.9. The Morgan fingerprint density at radius 2 is 1.89 bits per heavy atom. The van der Waals surface area contributed by atoms with Crippen molar-refractivity contribution in [2.75, 3.05) is 13.1 Å². The molecule has 0 heterocycles. The smallest absolute Gasteiger partial charge is 0.306 e. The molecule has 0 bridgehead atoms. The molecule has 1 unspecified atom stereocenters. The number of esters is 1. The molecule has 0 aromatic carbocycles. The fraction of sp³-hybridized carbons (Fsp3) is 0.786. The van der Waals surface area contributed by atoms with E-state index in [0.717, 1.165) is 0 Å². The molecule has 1 amide bonds. The minimum absolute atomic E-state index is 0.0769. The summed E-state index contributed by atoms with van der Waals surface area (Å²) in [6, 6.07) is 2.10. The molecule has 0 aliphatic rings. The molecule has 0 aromatic rings. The van der Waals surface area contributed by atoms with Gasteiger partial charge in [-0.05, 0) is 34.6 Å². The summed E-state index contributed by atoms with van der Waals surface area (Å²) in [6.45, 7) is 9.94. The molecule has 0 N–H and O–H groups in total. The summed E-state index contributed by atoms with van der Waals surface area (Å²) in [6.07, 6.45) is 0.203. The monoisotopic (exact) mass is 268 g/mol. The Kier molecular flexibility index (Phi) is 7.13. The fourth-order valence-electron chi connectivity index (χ4n) is 1.54. The third-order valence-corrected chi connectivity index (χ3v) is 2.41. The van der Waals surface area contributed by atoms with Crippen LogP contribution in [-0.4, -0.2) is 35.5 Å². The second kappa shape index (κ2) is 7.78. The predicted molar refractivity (Wildman–Crippen MR) is 72.1 cm³/mol. The van der Waals surface area contributed by atoms with Crippen molar-refractivity contribution in [1.29, 1.82) is 5.26 Å². The first-order valence-electron chi connectivity index (χ1n) is 6.58. The molecular weight excluding hydrogens is 244 g/mol. The largest absolute Gasteiger partial charge is 0.460 e. The van der Waals surface area contributed by atoms with Gasteiger partial charge in [0.25, 0.3) is 0 Å². The van der Waals surface area contributed by atoms with E-state index >= 15 is 0 Å². The summed E-state index contributed by atoms with van der Waals surface area (Å²) in [7, 11) is 0. The molecule has 0 spiro atoms. The standard InChI is InChI=1S/C14H24N2O3/c1-6-16(10-11(2)9-15)12(17)7-8-13(18)19-14(3,4)5/h11H,6-8,10H2,1-5H3. The highest BCUT2D eigenvalue weighted by atomic mass is 16.6. The van der Waals surface area contributed by atoms with E-state index in [-0.39, 0.29) is 30.6 Å². The SMILES string of the molecule is CCN(CC(C)C#N)C(=O)CCC(=O)OC(C)(C)C. The fourth-order valence-corrected chi connectivity index (χ4v) is 1.54. The van der Waals surface area contributed by atoms with Crippen molar-refractivity contribution in [3.05, 3.63) is 0 Å². The Morgan fingerprint density at radius 3 is 2.32 bits per heavy atom. The Balaban J connectivity index is 4.22. The van der Waals surface area contributed by atoms with Crippen LogP contribution in [0.4, 0.5) is 0 Å². The van der Waals surface area contributed by atoms with Gasteiger partial charge in [0.1, 0.15) is 5.60 Å². The van der Waals surface area contributed by atoms with Gasteiger partial charge in [-0.2, -0.15) is 5.26 Å². The van der Waals surface area contributed by atoms with Crippen LogP contribution in [0, 0.1) is 17.2 Å². The summed E-state index contributed by atoms with van der Waals surface area (Å²) in [4.78, 5) is 25.0. The van der Waals surface area contributed by atoms with Gasteiger partial charge in [0, 0.05) is 19.5 Å². The Bertz CT molecular complexity index is 353. The number of carbonyl (C=O) groups is 2. The molecule has 0 radical (unpaired) electrons. The first-order valence-corrected chi connectivity index (χ1v) is 6.58. The van der Waals surface area contributed by atoms with Gasteiger partial charge < -0.3 is 9.64 Å². The molecule has 0 aromatic heterocycles. The van der Waals surface area contributed by atoms with Crippen molar-refractivity contribution >= 4 is 11.9 Å². The van der Waals surface area contributed by atoms with Crippen LogP contribution < -0.4 is 0 Å². The zero-order valence-electron chi connectivity index (χ0n) is 12.5. The number of nitrogens with zero attached hydrogens (tertiary/aromatic N) is 2. The number of ether oxygens (including phenoxy) is 1. The van der Waals surface area contributed by atoms with E-state index in [1.165, 1.54) is 0 Å². The highest BCUT2D eigenvalue weighted by Gasteiger charge is 2.19. The van der Waals surface area contributed by atoms with E-state index in [4.69, 9.17) is 10.00 Å². The van der Waals surface area contributed by atoms with E-state index in [0.29, 0.717) is 13.1 Å². The van der Waals surface area contributed by atoms with Gasteiger partial charge in [-0.25, -0.2) is 0 Å². The van der Waals surface area contributed by atoms with Gasteiger partial charge >= 0.3 is 5.97 Å². The van der Waals surface area contributed by atoms with Gasteiger partial charge in [-0.1, -0.05) is 0 Å². The second-order valence-electron chi connectivity index (χ2n) is 5.55. The molecule has 0 aliphatic heterocycles. The predicted octanol–water partition coefficient (Wildman–Crippen LogP) is 2.12. The lowest BCUT2D eigenvalue weighted by Crippen LogP contribution is -2.34. The molecule has 0 saturated heterocycles. The van der Waals surface area contributed by atoms with Crippen molar-refractivity contribution in [3.63, 3.8) is 0 Å². The van der Waals surface area contributed by atoms with Gasteiger partial charge in [0.05, 0.1) is 18.4 Å². The summed E-state index contributed by atoms with van der Waals surface area (Å²) in [5, 5.41) is 8.74. The van der Waals surface area contributed by atoms with Crippen molar-refractivity contribution in [2.24, 2.45) is 5.92 Å². The van der Waals surface area contributed by atoms with E-state index in [1.807, 2.05) is 6.92 Å². The number of amides is 1. The molecule has 0 aliphatic carbocycles. The van der Waals surface area contributed by atoms with E-state index in [9.17, 15) is 9.59 Å². The number of hydrogen-bond acceptors (Lipinski definition) is 4. The molecule has 0 fully saturated rings. The highest BCUT2D eigenvalue weighted by Crippen LogP contribution is 2.10. The molecule has 108 valence electrons. The normalized spacial score (nSPS) is 12.4. The van der Waals surface area contributed by atoms with Crippen LogP contribution >= 0.6 is 0 Å². The van der Waals surface area contributed by atoms with Crippen molar-refractivity contribution in [3.8, 4) is 6.07 Å². The second-order valence-corrected chi connectivity index (χ2v) is 5.55. The average Bonchev–Trinajstić information content (AvgIpc) is 2.30. The highest BCUT2D eigenvalue weighted by molar-refractivity contribution is 5.81. The van der Waals surface area contributed by atoms with Gasteiger partial charge in [-0.15, -0.1) is 0 Å². The topological polar surface area (TPSA) is 70.4 Å². The van der Waals surface area contributed by atoms with Crippen LogP contribution in [0.15, 0.2) is 0 Å². The summed E-state index contributed by atoms with van der Waals surface area (Å²) in [5.74, 6) is -0.689. The molecule has 0 rings (SSSR count).